The smallest absolute Gasteiger partial charge is 0.337 e. The molecule has 0 aliphatic heterocycles. The van der Waals surface area contributed by atoms with Crippen LogP contribution in [0.4, 0.5) is 15.8 Å². The quantitative estimate of drug-likeness (QED) is 0.636. The first-order valence-corrected chi connectivity index (χ1v) is 7.63. The Hall–Kier alpha value is -3.48. The Morgan fingerprint density at radius 2 is 1.73 bits per heavy atom. The van der Waals surface area contributed by atoms with Crippen LogP contribution in [0.15, 0.2) is 48.5 Å². The highest BCUT2D eigenvalue weighted by Crippen LogP contribution is 2.19. The van der Waals surface area contributed by atoms with Gasteiger partial charge in [-0.2, -0.15) is 0 Å². The minimum atomic E-state index is -0.598. The Kier molecular flexibility index (Phi) is 6.21. The Bertz CT molecular complexity index is 860. The zero-order chi connectivity index (χ0) is 19.1. The van der Waals surface area contributed by atoms with Gasteiger partial charge in [-0.1, -0.05) is 12.1 Å². The van der Waals surface area contributed by atoms with Crippen molar-refractivity contribution >= 4 is 35.2 Å². The average Bonchev–Trinajstić information content (AvgIpc) is 2.62. The molecular formula is C19H17FN2O4. The Balaban J connectivity index is 2.03. The fraction of sp³-hybridized carbons (Fsp3) is 0.105. The van der Waals surface area contributed by atoms with Gasteiger partial charge >= 0.3 is 5.97 Å². The molecule has 0 aliphatic carbocycles. The zero-order valence-corrected chi connectivity index (χ0v) is 14.2. The number of halogens is 1. The number of rotatable bonds is 5. The molecule has 0 spiro atoms. The number of benzene rings is 2. The van der Waals surface area contributed by atoms with Crippen molar-refractivity contribution in [3.63, 3.8) is 0 Å². The van der Waals surface area contributed by atoms with Gasteiger partial charge in [-0.25, -0.2) is 9.18 Å². The van der Waals surface area contributed by atoms with Crippen LogP contribution in [0.5, 0.6) is 0 Å². The fourth-order valence-corrected chi connectivity index (χ4v) is 2.09. The molecule has 0 saturated carbocycles. The van der Waals surface area contributed by atoms with Gasteiger partial charge in [0.25, 0.3) is 0 Å². The molecule has 2 N–H and O–H groups in total. The molecule has 0 bridgehead atoms. The molecule has 6 nitrogen and oxygen atoms in total. The lowest BCUT2D eigenvalue weighted by Crippen LogP contribution is -2.10. The second kappa shape index (κ2) is 8.57. The van der Waals surface area contributed by atoms with Crippen LogP contribution < -0.4 is 10.6 Å². The van der Waals surface area contributed by atoms with Crippen molar-refractivity contribution in [1.29, 1.82) is 0 Å². The maximum atomic E-state index is 13.6. The van der Waals surface area contributed by atoms with E-state index >= 15 is 0 Å². The first kappa shape index (κ1) is 18.9. The summed E-state index contributed by atoms with van der Waals surface area (Å²) in [6.07, 6.45) is 2.86. The second-order valence-electron chi connectivity index (χ2n) is 5.31. The molecule has 0 atom stereocenters. The third-order valence-electron chi connectivity index (χ3n) is 3.30. The van der Waals surface area contributed by atoms with E-state index in [0.717, 1.165) is 6.07 Å². The van der Waals surface area contributed by atoms with Crippen molar-refractivity contribution in [2.45, 2.75) is 6.92 Å². The van der Waals surface area contributed by atoms with E-state index in [1.807, 2.05) is 0 Å². The van der Waals surface area contributed by atoms with Crippen molar-refractivity contribution in [3.8, 4) is 0 Å². The molecule has 2 amide bonds. The van der Waals surface area contributed by atoms with Gasteiger partial charge < -0.3 is 15.4 Å². The topological polar surface area (TPSA) is 84.5 Å². The number of anilines is 2. The van der Waals surface area contributed by atoms with Crippen molar-refractivity contribution in [2.75, 3.05) is 17.7 Å². The fourth-order valence-electron chi connectivity index (χ4n) is 2.09. The van der Waals surface area contributed by atoms with Crippen LogP contribution in [0.1, 0.15) is 22.8 Å². The summed E-state index contributed by atoms with van der Waals surface area (Å²) < 4.78 is 18.2. The molecule has 7 heteroatoms. The summed E-state index contributed by atoms with van der Waals surface area (Å²) in [6.45, 7) is 1.26. The lowest BCUT2D eigenvalue weighted by Gasteiger charge is -2.07. The van der Waals surface area contributed by atoms with Gasteiger partial charge in [-0.05, 0) is 42.0 Å². The summed E-state index contributed by atoms with van der Waals surface area (Å²) in [6, 6.07) is 10.4. The number of methoxy groups -OCH3 is 1. The summed E-state index contributed by atoms with van der Waals surface area (Å²) in [5.41, 5.74) is 1.44. The Morgan fingerprint density at radius 1 is 1.04 bits per heavy atom. The molecule has 0 radical (unpaired) electrons. The average molecular weight is 356 g/mol. The molecule has 0 fully saturated rings. The van der Waals surface area contributed by atoms with Crippen LogP contribution in [0.3, 0.4) is 0 Å². The number of carbonyl (C=O) groups is 3. The minimum Gasteiger partial charge on any atom is -0.465 e. The highest BCUT2D eigenvalue weighted by Gasteiger charge is 2.07. The first-order valence-electron chi connectivity index (χ1n) is 7.63. The van der Waals surface area contributed by atoms with E-state index in [0.29, 0.717) is 16.8 Å². The highest BCUT2D eigenvalue weighted by molar-refractivity contribution is 6.02. The number of hydrogen-bond donors (Lipinski definition) is 2. The third kappa shape index (κ3) is 5.27. The normalized spacial score (nSPS) is 10.4. The molecular weight excluding hydrogens is 339 g/mol. The minimum absolute atomic E-state index is 0.0160. The van der Waals surface area contributed by atoms with E-state index in [2.05, 4.69) is 15.4 Å². The van der Waals surface area contributed by atoms with Gasteiger partial charge in [-0.15, -0.1) is 0 Å². The van der Waals surface area contributed by atoms with Crippen LogP contribution in [0.25, 0.3) is 6.08 Å². The highest BCUT2D eigenvalue weighted by atomic mass is 19.1. The van der Waals surface area contributed by atoms with Crippen LogP contribution in [0, 0.1) is 5.82 Å². The number of amides is 2. The molecule has 26 heavy (non-hydrogen) atoms. The molecule has 0 saturated heterocycles. The van der Waals surface area contributed by atoms with Crippen molar-refractivity contribution < 1.29 is 23.5 Å². The number of ether oxygens (including phenoxy) is 1. The summed E-state index contributed by atoms with van der Waals surface area (Å²) in [7, 11) is 1.30. The molecule has 2 aromatic carbocycles. The van der Waals surface area contributed by atoms with Gasteiger partial charge in [0.1, 0.15) is 5.82 Å². The van der Waals surface area contributed by atoms with Gasteiger partial charge in [0.05, 0.1) is 18.4 Å². The standard InChI is InChI=1S/C19H17FN2O4/c1-12(23)21-17-11-15(8-9-16(17)20)22-18(24)10-5-13-3-6-14(7-4-13)19(25)26-2/h3-11H,1-2H3,(H,21,23)(H,22,24)/b10-5+. The first-order chi connectivity index (χ1) is 12.4. The summed E-state index contributed by atoms with van der Waals surface area (Å²) >= 11 is 0. The van der Waals surface area contributed by atoms with Crippen LogP contribution in [-0.4, -0.2) is 24.9 Å². The summed E-state index contributed by atoms with van der Waals surface area (Å²) in [5, 5.41) is 4.92. The van der Waals surface area contributed by atoms with E-state index in [4.69, 9.17) is 0 Å². The third-order valence-corrected chi connectivity index (χ3v) is 3.30. The lowest BCUT2D eigenvalue weighted by molar-refractivity contribution is -0.114. The molecule has 0 aliphatic rings. The molecule has 2 aromatic rings. The van der Waals surface area contributed by atoms with Crippen molar-refractivity contribution in [3.05, 3.63) is 65.5 Å². The van der Waals surface area contributed by atoms with E-state index in [-0.39, 0.29) is 5.69 Å². The SMILES string of the molecule is COC(=O)c1ccc(/C=C/C(=O)Nc2ccc(F)c(NC(C)=O)c2)cc1. The largest absolute Gasteiger partial charge is 0.465 e. The Labute approximate surface area is 149 Å². The molecule has 2 rings (SSSR count). The monoisotopic (exact) mass is 356 g/mol. The number of esters is 1. The van der Waals surface area contributed by atoms with Gasteiger partial charge in [0, 0.05) is 18.7 Å². The van der Waals surface area contributed by atoms with E-state index < -0.39 is 23.6 Å². The predicted octanol–water partition coefficient (Wildman–Crippen LogP) is 3.22. The maximum absolute atomic E-state index is 13.6. The molecule has 0 aromatic heterocycles. The maximum Gasteiger partial charge on any atom is 0.337 e. The Morgan fingerprint density at radius 3 is 2.35 bits per heavy atom. The van der Waals surface area contributed by atoms with Gasteiger partial charge in [0.15, 0.2) is 0 Å². The van der Waals surface area contributed by atoms with Crippen molar-refractivity contribution in [2.24, 2.45) is 0 Å². The molecule has 134 valence electrons. The number of carbonyl (C=O) groups excluding carboxylic acids is 3. The number of nitrogens with one attached hydrogen (secondary N) is 2. The van der Waals surface area contributed by atoms with Crippen LogP contribution >= 0.6 is 0 Å². The lowest BCUT2D eigenvalue weighted by atomic mass is 10.1. The number of hydrogen-bond acceptors (Lipinski definition) is 4. The van der Waals surface area contributed by atoms with Crippen molar-refractivity contribution in [1.82, 2.24) is 0 Å². The van der Waals surface area contributed by atoms with Gasteiger partial charge in [-0.3, -0.25) is 9.59 Å². The zero-order valence-electron chi connectivity index (χ0n) is 14.2. The van der Waals surface area contributed by atoms with E-state index in [1.165, 1.54) is 32.2 Å². The summed E-state index contributed by atoms with van der Waals surface area (Å²) in [5.74, 6) is -1.88. The predicted molar refractivity (Wildman–Crippen MR) is 96.1 cm³/mol. The second-order valence-corrected chi connectivity index (χ2v) is 5.31. The van der Waals surface area contributed by atoms with Crippen LogP contribution in [0.2, 0.25) is 0 Å². The summed E-state index contributed by atoms with van der Waals surface area (Å²) in [4.78, 5) is 34.4. The van der Waals surface area contributed by atoms with Crippen LogP contribution in [-0.2, 0) is 14.3 Å². The molecule has 0 heterocycles. The van der Waals surface area contributed by atoms with Gasteiger partial charge in [0.2, 0.25) is 11.8 Å². The van der Waals surface area contributed by atoms with E-state index in [9.17, 15) is 18.8 Å². The molecule has 0 unspecified atom stereocenters. The van der Waals surface area contributed by atoms with E-state index in [1.54, 1.807) is 30.3 Å².